The summed E-state index contributed by atoms with van der Waals surface area (Å²) >= 11 is 0. The summed E-state index contributed by atoms with van der Waals surface area (Å²) in [5, 5.41) is 6.26. The van der Waals surface area contributed by atoms with E-state index >= 15 is 0 Å². The third kappa shape index (κ3) is 8.09. The van der Waals surface area contributed by atoms with Crippen LogP contribution < -0.4 is 9.80 Å². The van der Waals surface area contributed by atoms with Crippen molar-refractivity contribution in [3.63, 3.8) is 0 Å². The molecule has 0 amide bonds. The van der Waals surface area contributed by atoms with Crippen LogP contribution in [0.15, 0.2) is 274 Å². The molecule has 2 aliphatic rings. The monoisotopic (exact) mass is 1200 g/mol. The van der Waals surface area contributed by atoms with Crippen molar-refractivity contribution >= 4 is 100 Å². The molecule has 1 spiro atoms. The molecule has 0 atom stereocenters. The predicted molar refractivity (Wildman–Crippen MR) is 383 cm³/mol. The average Bonchev–Trinajstić information content (AvgIpc) is 1.50. The fourth-order valence-electron chi connectivity index (χ4n) is 15.4. The second kappa shape index (κ2) is 20.1. The molecule has 7 heteroatoms. The van der Waals surface area contributed by atoms with Gasteiger partial charge in [-0.05, 0) is 152 Å². The van der Waals surface area contributed by atoms with Gasteiger partial charge in [0.25, 0.3) is 0 Å². The summed E-state index contributed by atoms with van der Waals surface area (Å²) in [6, 6.07) is 90.5. The maximum absolute atomic E-state index is 7.56. The first-order valence-electron chi connectivity index (χ1n) is 32.2. The number of rotatable bonds is 8. The van der Waals surface area contributed by atoms with Crippen LogP contribution >= 0.6 is 0 Å². The Balaban J connectivity index is 0.940. The zero-order valence-electron chi connectivity index (χ0n) is 52.8. The van der Waals surface area contributed by atoms with Gasteiger partial charge in [0, 0.05) is 84.2 Å². The summed E-state index contributed by atoms with van der Waals surface area (Å²) in [5.74, 6) is 1.54. The van der Waals surface area contributed by atoms with Crippen molar-refractivity contribution in [1.82, 2.24) is 9.97 Å². The number of hydrogen-bond acceptors (Lipinski definition) is 7. The maximum Gasteiger partial charge on any atom is 0.145 e. The Morgan fingerprint density at radius 3 is 1.42 bits per heavy atom. The molecule has 93 heavy (non-hydrogen) atoms. The highest BCUT2D eigenvalue weighted by Crippen LogP contribution is 2.66. The summed E-state index contributed by atoms with van der Waals surface area (Å²) in [7, 11) is 0. The Morgan fingerprint density at radius 2 is 0.817 bits per heavy atom. The molecule has 5 heterocycles. The standard InChI is InChI=1S/C86H64N4O3/c1-51-47-68(64-29-19-27-62-60-24-11-16-34-75(60)92-80(62)64)83(88-50-51)89(54-40-36-52(37-41-54)84(2,3)4)56-44-45-66-71(48-56)86(69-31-13-8-21-57(69)58-22-9-14-32-70(58)86)72-49-73(78-67-25-12-17-35-76(67)93-81(78)77(66)72)90(55-42-38-53(39-43-55)85(5,6)7)82-65(30-20-46-87-82)63-28-18-26-61-59-23-10-15-33-74(59)91-79(61)63/h8-50H,1-7H3. The number of furan rings is 3. The van der Waals surface area contributed by atoms with Gasteiger partial charge in [0.15, 0.2) is 0 Å². The van der Waals surface area contributed by atoms with E-state index in [-0.39, 0.29) is 10.8 Å². The van der Waals surface area contributed by atoms with E-state index in [1.807, 2.05) is 30.6 Å². The van der Waals surface area contributed by atoms with E-state index in [4.69, 9.17) is 23.2 Å². The molecule has 16 aromatic rings. The van der Waals surface area contributed by atoms with Crippen LogP contribution in [-0.2, 0) is 16.2 Å². The number of aryl methyl sites for hydroxylation is 1. The molecular weight excluding hydrogens is 1140 g/mol. The van der Waals surface area contributed by atoms with Crippen molar-refractivity contribution in [1.29, 1.82) is 0 Å². The molecule has 18 rings (SSSR count). The van der Waals surface area contributed by atoms with Gasteiger partial charge in [-0.15, -0.1) is 0 Å². The fraction of sp³-hybridized carbons (Fsp3) is 0.116. The SMILES string of the molecule is Cc1cnc(N(c2ccc(C(C)(C)C)cc2)c2ccc3c(c2)C2(c4ccccc4-c4ccccc42)c2cc(N(c4ccc(C(C)(C)C)cc4)c4ncccc4-c4cccc5c4oc4ccccc45)c4c(oc5ccccc54)c2-3)c(-c2cccc3c2oc2ccccc23)c1. The van der Waals surface area contributed by atoms with Gasteiger partial charge in [-0.2, -0.15) is 0 Å². The first kappa shape index (κ1) is 54.6. The Labute approximate surface area is 539 Å². The lowest BCUT2D eigenvalue weighted by Crippen LogP contribution is -2.27. The van der Waals surface area contributed by atoms with E-state index in [1.165, 1.54) is 33.4 Å². The molecule has 0 saturated carbocycles. The minimum Gasteiger partial charge on any atom is -0.455 e. The van der Waals surface area contributed by atoms with Gasteiger partial charge in [0.05, 0.1) is 16.5 Å². The maximum atomic E-state index is 7.56. The van der Waals surface area contributed by atoms with E-state index in [9.17, 15) is 0 Å². The molecule has 0 N–H and O–H groups in total. The first-order chi connectivity index (χ1) is 45.3. The molecule has 0 fully saturated rings. The van der Waals surface area contributed by atoms with Crippen LogP contribution in [0.1, 0.15) is 80.5 Å². The first-order valence-corrected chi connectivity index (χ1v) is 32.2. The van der Waals surface area contributed by atoms with Gasteiger partial charge in [-0.1, -0.05) is 211 Å². The Morgan fingerprint density at radius 1 is 0.344 bits per heavy atom. The van der Waals surface area contributed by atoms with Crippen molar-refractivity contribution in [3.05, 3.63) is 300 Å². The summed E-state index contributed by atoms with van der Waals surface area (Å²) < 4.78 is 21.3. The molecule has 2 aliphatic carbocycles. The third-order valence-electron chi connectivity index (χ3n) is 19.7. The highest BCUT2D eigenvalue weighted by atomic mass is 16.3. The predicted octanol–water partition coefficient (Wildman–Crippen LogP) is 23.7. The van der Waals surface area contributed by atoms with Gasteiger partial charge in [-0.25, -0.2) is 9.97 Å². The van der Waals surface area contributed by atoms with Crippen molar-refractivity contribution in [2.24, 2.45) is 0 Å². The topological polar surface area (TPSA) is 71.7 Å². The third-order valence-corrected chi connectivity index (χ3v) is 19.7. The lowest BCUT2D eigenvalue weighted by Gasteiger charge is -2.33. The van der Waals surface area contributed by atoms with Gasteiger partial charge in [0.2, 0.25) is 0 Å². The quantitative estimate of drug-likeness (QED) is 0.150. The fourth-order valence-corrected chi connectivity index (χ4v) is 15.4. The van der Waals surface area contributed by atoms with Crippen LogP contribution in [0.3, 0.4) is 0 Å². The number of para-hydroxylation sites is 5. The summed E-state index contributed by atoms with van der Waals surface area (Å²) in [6.45, 7) is 15.7. The van der Waals surface area contributed by atoms with Crippen molar-refractivity contribution < 1.29 is 13.3 Å². The van der Waals surface area contributed by atoms with Crippen LogP contribution in [0.4, 0.5) is 34.4 Å². The molecule has 0 radical (unpaired) electrons. The van der Waals surface area contributed by atoms with E-state index in [0.717, 1.165) is 150 Å². The highest BCUT2D eigenvalue weighted by Gasteiger charge is 2.53. The van der Waals surface area contributed by atoms with E-state index < -0.39 is 5.41 Å². The van der Waals surface area contributed by atoms with Gasteiger partial charge >= 0.3 is 0 Å². The van der Waals surface area contributed by atoms with Crippen LogP contribution in [0.5, 0.6) is 0 Å². The molecule has 11 aromatic carbocycles. The summed E-state index contributed by atoms with van der Waals surface area (Å²) in [6.07, 6.45) is 3.91. The molecule has 0 unspecified atom stereocenters. The molecule has 446 valence electrons. The normalized spacial score (nSPS) is 13.2. The number of anilines is 6. The minimum atomic E-state index is -0.866. The van der Waals surface area contributed by atoms with Crippen LogP contribution in [0.25, 0.3) is 110 Å². The second-order valence-electron chi connectivity index (χ2n) is 27.3. The molecule has 0 aliphatic heterocycles. The van der Waals surface area contributed by atoms with E-state index in [2.05, 4.69) is 289 Å². The second-order valence-corrected chi connectivity index (χ2v) is 27.3. The minimum absolute atomic E-state index is 0.0738. The number of aromatic nitrogens is 2. The molecule has 5 aromatic heterocycles. The van der Waals surface area contributed by atoms with Crippen LogP contribution in [0, 0.1) is 6.92 Å². The number of nitrogens with zero attached hydrogens (tertiary/aromatic N) is 4. The Kier molecular flexibility index (Phi) is 11.8. The van der Waals surface area contributed by atoms with Crippen LogP contribution in [-0.4, -0.2) is 9.97 Å². The van der Waals surface area contributed by atoms with E-state index in [1.54, 1.807) is 0 Å². The number of benzene rings is 11. The smallest absolute Gasteiger partial charge is 0.145 e. The van der Waals surface area contributed by atoms with Crippen molar-refractivity contribution in [3.8, 4) is 44.5 Å². The Bertz CT molecular complexity index is 5710. The average molecular weight is 1200 g/mol. The molecule has 0 saturated heterocycles. The zero-order valence-corrected chi connectivity index (χ0v) is 52.8. The van der Waals surface area contributed by atoms with Crippen LogP contribution in [0.2, 0.25) is 0 Å². The summed E-state index contributed by atoms with van der Waals surface area (Å²) in [4.78, 5) is 15.8. The molecule has 7 nitrogen and oxygen atoms in total. The number of pyridine rings is 2. The Hall–Kier alpha value is -11.3. The number of fused-ring (bicyclic) bond motifs is 20. The number of hydrogen-bond donors (Lipinski definition) is 0. The summed E-state index contributed by atoms with van der Waals surface area (Å²) in [5.41, 5.74) is 24.3. The van der Waals surface area contributed by atoms with Gasteiger partial charge in [0.1, 0.15) is 45.1 Å². The zero-order chi connectivity index (χ0) is 62.6. The van der Waals surface area contributed by atoms with E-state index in [0.29, 0.717) is 0 Å². The lowest BCUT2D eigenvalue weighted by atomic mass is 9.70. The van der Waals surface area contributed by atoms with Crippen molar-refractivity contribution in [2.75, 3.05) is 9.80 Å². The lowest BCUT2D eigenvalue weighted by molar-refractivity contribution is 0.590. The largest absolute Gasteiger partial charge is 0.455 e. The molecular formula is C86H64N4O3. The highest BCUT2D eigenvalue weighted by molar-refractivity contribution is 6.21. The van der Waals surface area contributed by atoms with Crippen molar-refractivity contribution in [2.45, 2.75) is 64.7 Å². The van der Waals surface area contributed by atoms with Gasteiger partial charge in [-0.3, -0.25) is 9.80 Å². The van der Waals surface area contributed by atoms with Gasteiger partial charge < -0.3 is 13.3 Å². The molecule has 0 bridgehead atoms.